The molecule has 0 radical (unpaired) electrons. The number of carbonyl (C=O) groups is 1. The van der Waals surface area contributed by atoms with Crippen LogP contribution < -0.4 is 4.90 Å². The molecule has 0 saturated carbocycles. The topological polar surface area (TPSA) is 88.7 Å². The molecular weight excluding hydrogens is 416 g/mol. The van der Waals surface area contributed by atoms with E-state index >= 15 is 0 Å². The van der Waals surface area contributed by atoms with E-state index in [-0.39, 0.29) is 17.3 Å². The predicted octanol–water partition coefficient (Wildman–Crippen LogP) is 3.06. The Morgan fingerprint density at radius 2 is 1.97 bits per heavy atom. The molecule has 8 nitrogen and oxygen atoms in total. The molecule has 9 heteroatoms. The second-order valence-corrected chi connectivity index (χ2v) is 9.81. The number of hydrogen-bond acceptors (Lipinski definition) is 5. The Balaban J connectivity index is 1.63. The van der Waals surface area contributed by atoms with Crippen molar-refractivity contribution in [3.63, 3.8) is 0 Å². The first-order valence-electron chi connectivity index (χ1n) is 10.2. The van der Waals surface area contributed by atoms with Gasteiger partial charge in [-0.2, -0.15) is 9.40 Å². The Labute approximate surface area is 182 Å². The standard InChI is InChI=1S/C22H26N4O4S/c1-15-21(31(28,29)24(4)14-19-9-7-13-30-19)16(2)26(23-15)17(3)22(27)25-12-11-18-8-5-6-10-20(18)25/h5-10,13,17H,11-12,14H2,1-4H3. The molecule has 3 heterocycles. The van der Waals surface area contributed by atoms with Crippen LogP contribution in [0.3, 0.4) is 0 Å². The van der Waals surface area contributed by atoms with E-state index in [0.717, 1.165) is 17.7 Å². The van der Waals surface area contributed by atoms with Crippen molar-refractivity contribution in [2.24, 2.45) is 0 Å². The molecule has 1 unspecified atom stereocenters. The maximum atomic E-state index is 13.3. The summed E-state index contributed by atoms with van der Waals surface area (Å²) in [6, 6.07) is 10.6. The predicted molar refractivity (Wildman–Crippen MR) is 116 cm³/mol. The van der Waals surface area contributed by atoms with Crippen LogP contribution in [0.1, 0.15) is 35.7 Å². The van der Waals surface area contributed by atoms with Crippen LogP contribution >= 0.6 is 0 Å². The number of anilines is 1. The van der Waals surface area contributed by atoms with Crippen molar-refractivity contribution in [1.82, 2.24) is 14.1 Å². The Bertz CT molecular complexity index is 1210. The molecule has 1 aliphatic rings. The van der Waals surface area contributed by atoms with Crippen LogP contribution in [0.15, 0.2) is 52.0 Å². The number of aryl methyl sites for hydroxylation is 1. The second kappa shape index (κ2) is 7.97. The summed E-state index contributed by atoms with van der Waals surface area (Å²) in [5, 5.41) is 4.44. The number of sulfonamides is 1. The third kappa shape index (κ3) is 3.68. The first-order valence-corrected chi connectivity index (χ1v) is 11.6. The van der Waals surface area contributed by atoms with Crippen molar-refractivity contribution in [2.45, 2.75) is 44.7 Å². The molecule has 0 fully saturated rings. The number of amides is 1. The van der Waals surface area contributed by atoms with Gasteiger partial charge >= 0.3 is 0 Å². The highest BCUT2D eigenvalue weighted by Crippen LogP contribution is 2.31. The van der Waals surface area contributed by atoms with Crippen LogP contribution in [0.5, 0.6) is 0 Å². The molecule has 1 aliphatic heterocycles. The molecular formula is C22H26N4O4S. The van der Waals surface area contributed by atoms with Crippen LogP contribution in [0.2, 0.25) is 0 Å². The SMILES string of the molecule is Cc1nn(C(C)C(=O)N2CCc3ccccc32)c(C)c1S(=O)(=O)N(C)Cc1ccco1. The zero-order valence-corrected chi connectivity index (χ0v) is 18.9. The Morgan fingerprint density at radius 3 is 2.68 bits per heavy atom. The van der Waals surface area contributed by atoms with Crippen LogP contribution in [0.25, 0.3) is 0 Å². The summed E-state index contributed by atoms with van der Waals surface area (Å²) in [6.07, 6.45) is 2.32. The van der Waals surface area contributed by atoms with Crippen LogP contribution in [0.4, 0.5) is 5.69 Å². The molecule has 1 amide bonds. The number of aromatic nitrogens is 2. The number of fused-ring (bicyclic) bond motifs is 1. The van der Waals surface area contributed by atoms with E-state index in [1.165, 1.54) is 22.3 Å². The van der Waals surface area contributed by atoms with Crippen molar-refractivity contribution in [1.29, 1.82) is 0 Å². The number of hydrogen-bond donors (Lipinski definition) is 0. The largest absolute Gasteiger partial charge is 0.468 e. The monoisotopic (exact) mass is 442 g/mol. The van der Waals surface area contributed by atoms with Crippen LogP contribution in [-0.4, -0.2) is 42.0 Å². The molecule has 164 valence electrons. The molecule has 2 aromatic heterocycles. The minimum Gasteiger partial charge on any atom is -0.468 e. The van der Waals surface area contributed by atoms with Crippen LogP contribution in [-0.2, 0) is 27.8 Å². The molecule has 1 aromatic carbocycles. The van der Waals surface area contributed by atoms with Crippen molar-refractivity contribution >= 4 is 21.6 Å². The molecule has 0 N–H and O–H groups in total. The fourth-order valence-electron chi connectivity index (χ4n) is 4.16. The minimum absolute atomic E-state index is 0.108. The maximum absolute atomic E-state index is 13.3. The van der Waals surface area contributed by atoms with Gasteiger partial charge < -0.3 is 9.32 Å². The summed E-state index contributed by atoms with van der Waals surface area (Å²) < 4.78 is 34.6. The summed E-state index contributed by atoms with van der Waals surface area (Å²) in [5.74, 6) is 0.438. The summed E-state index contributed by atoms with van der Waals surface area (Å²) in [6.45, 7) is 5.82. The normalized spacial score (nSPS) is 14.8. The van der Waals surface area contributed by atoms with E-state index in [1.54, 1.807) is 37.8 Å². The summed E-state index contributed by atoms with van der Waals surface area (Å²) >= 11 is 0. The van der Waals surface area contributed by atoms with Crippen molar-refractivity contribution in [3.8, 4) is 0 Å². The van der Waals surface area contributed by atoms with E-state index in [4.69, 9.17) is 4.42 Å². The van der Waals surface area contributed by atoms with E-state index in [0.29, 0.717) is 23.7 Å². The summed E-state index contributed by atoms with van der Waals surface area (Å²) in [5.41, 5.74) is 2.86. The van der Waals surface area contributed by atoms with Gasteiger partial charge in [-0.15, -0.1) is 0 Å². The van der Waals surface area contributed by atoms with Gasteiger partial charge in [0.25, 0.3) is 5.91 Å². The minimum atomic E-state index is -3.82. The smallest absolute Gasteiger partial charge is 0.251 e. The Hall–Kier alpha value is -2.91. The second-order valence-electron chi connectivity index (χ2n) is 7.83. The number of para-hydroxylation sites is 1. The van der Waals surface area contributed by atoms with Crippen molar-refractivity contribution in [3.05, 3.63) is 65.4 Å². The first-order chi connectivity index (χ1) is 14.7. The quantitative estimate of drug-likeness (QED) is 0.585. The van der Waals surface area contributed by atoms with Gasteiger partial charge in [0.1, 0.15) is 16.7 Å². The lowest BCUT2D eigenvalue weighted by Gasteiger charge is -2.23. The molecule has 0 saturated heterocycles. The van der Waals surface area contributed by atoms with Gasteiger partial charge in [-0.25, -0.2) is 8.42 Å². The van der Waals surface area contributed by atoms with Gasteiger partial charge in [-0.05, 0) is 51.0 Å². The molecule has 0 spiro atoms. The third-order valence-corrected chi connectivity index (χ3v) is 7.82. The highest BCUT2D eigenvalue weighted by molar-refractivity contribution is 7.89. The average molecular weight is 443 g/mol. The molecule has 31 heavy (non-hydrogen) atoms. The van der Waals surface area contributed by atoms with Crippen molar-refractivity contribution < 1.29 is 17.6 Å². The number of benzene rings is 1. The molecule has 1 atom stereocenters. The zero-order chi connectivity index (χ0) is 22.3. The van der Waals surface area contributed by atoms with Gasteiger partial charge in [0.05, 0.1) is 24.2 Å². The average Bonchev–Trinajstić information content (AvgIpc) is 3.46. The highest BCUT2D eigenvalue weighted by Gasteiger charge is 2.34. The van der Waals surface area contributed by atoms with Crippen molar-refractivity contribution in [2.75, 3.05) is 18.5 Å². The van der Waals surface area contributed by atoms with Gasteiger partial charge in [0.2, 0.25) is 10.0 Å². The van der Waals surface area contributed by atoms with E-state index < -0.39 is 16.1 Å². The summed E-state index contributed by atoms with van der Waals surface area (Å²) in [4.78, 5) is 15.2. The van der Waals surface area contributed by atoms with Gasteiger partial charge in [-0.3, -0.25) is 9.48 Å². The van der Waals surface area contributed by atoms with Gasteiger partial charge in [0, 0.05) is 19.3 Å². The summed E-state index contributed by atoms with van der Waals surface area (Å²) in [7, 11) is -2.31. The number of furan rings is 1. The zero-order valence-electron chi connectivity index (χ0n) is 18.1. The lowest BCUT2D eigenvalue weighted by molar-refractivity contribution is -0.121. The highest BCUT2D eigenvalue weighted by atomic mass is 32.2. The molecule has 4 rings (SSSR count). The Morgan fingerprint density at radius 1 is 1.23 bits per heavy atom. The third-order valence-electron chi connectivity index (χ3n) is 5.76. The van der Waals surface area contributed by atoms with Crippen LogP contribution in [0, 0.1) is 13.8 Å². The lowest BCUT2D eigenvalue weighted by Crippen LogP contribution is -2.35. The molecule has 3 aromatic rings. The number of nitrogens with zero attached hydrogens (tertiary/aromatic N) is 4. The fraction of sp³-hybridized carbons (Fsp3) is 0.364. The number of rotatable bonds is 6. The fourth-order valence-corrected chi connectivity index (χ4v) is 5.65. The van der Waals surface area contributed by atoms with E-state index in [9.17, 15) is 13.2 Å². The lowest BCUT2D eigenvalue weighted by atomic mass is 10.2. The maximum Gasteiger partial charge on any atom is 0.251 e. The van der Waals surface area contributed by atoms with Gasteiger partial charge in [-0.1, -0.05) is 18.2 Å². The first kappa shape index (κ1) is 21.3. The molecule has 0 bridgehead atoms. The Kier molecular flexibility index (Phi) is 5.49. The van der Waals surface area contributed by atoms with Gasteiger partial charge in [0.15, 0.2) is 0 Å². The van der Waals surface area contributed by atoms with E-state index in [2.05, 4.69) is 5.10 Å². The number of carbonyl (C=O) groups excluding carboxylic acids is 1. The van der Waals surface area contributed by atoms with E-state index in [1.807, 2.05) is 24.3 Å². The molecule has 0 aliphatic carbocycles.